The maximum atomic E-state index is 5.93. The molecule has 4 nitrogen and oxygen atoms in total. The zero-order chi connectivity index (χ0) is 13.8. The van der Waals surface area contributed by atoms with Gasteiger partial charge >= 0.3 is 0 Å². The zero-order valence-electron chi connectivity index (χ0n) is 11.5. The van der Waals surface area contributed by atoms with E-state index in [0.717, 1.165) is 22.0 Å². The van der Waals surface area contributed by atoms with E-state index in [1.54, 1.807) is 18.9 Å². The lowest BCUT2D eigenvalue weighted by Crippen LogP contribution is -2.11. The Bertz CT molecular complexity index is 553. The number of para-hydroxylation sites is 1. The van der Waals surface area contributed by atoms with Gasteiger partial charge in [0.15, 0.2) is 0 Å². The minimum Gasteiger partial charge on any atom is -0.496 e. The molecule has 0 saturated carbocycles. The third-order valence-corrected chi connectivity index (χ3v) is 4.28. The molecule has 19 heavy (non-hydrogen) atoms. The first-order chi connectivity index (χ1) is 9.15. The van der Waals surface area contributed by atoms with Gasteiger partial charge in [-0.3, -0.25) is 4.68 Å². The van der Waals surface area contributed by atoms with Gasteiger partial charge in [0.25, 0.3) is 0 Å². The van der Waals surface area contributed by atoms with Crippen molar-refractivity contribution in [3.05, 3.63) is 41.6 Å². The summed E-state index contributed by atoms with van der Waals surface area (Å²) in [6, 6.07) is 10.1. The summed E-state index contributed by atoms with van der Waals surface area (Å²) in [7, 11) is 3.64. The molecule has 0 radical (unpaired) electrons. The van der Waals surface area contributed by atoms with Gasteiger partial charge in [-0.05, 0) is 19.1 Å². The van der Waals surface area contributed by atoms with E-state index in [4.69, 9.17) is 10.5 Å². The highest BCUT2D eigenvalue weighted by atomic mass is 32.2. The first kappa shape index (κ1) is 14.0. The monoisotopic (exact) mass is 277 g/mol. The highest BCUT2D eigenvalue weighted by Crippen LogP contribution is 2.38. The van der Waals surface area contributed by atoms with Gasteiger partial charge in [0.2, 0.25) is 0 Å². The van der Waals surface area contributed by atoms with Crippen LogP contribution in [-0.2, 0) is 7.05 Å². The molecule has 1 atom stereocenters. The quantitative estimate of drug-likeness (QED) is 0.853. The number of aromatic nitrogens is 2. The zero-order valence-corrected chi connectivity index (χ0v) is 12.3. The molecule has 0 spiro atoms. The maximum Gasteiger partial charge on any atom is 0.123 e. The minimum atomic E-state index is 0.158. The second kappa shape index (κ2) is 6.12. The third-order valence-electron chi connectivity index (χ3n) is 2.92. The molecular weight excluding hydrogens is 258 g/mol. The SMILES string of the molecule is COc1ccccc1C(CN)Sc1cc(C)nn1C. The van der Waals surface area contributed by atoms with Crippen molar-refractivity contribution in [2.24, 2.45) is 12.8 Å². The van der Waals surface area contributed by atoms with Crippen LogP contribution in [-0.4, -0.2) is 23.4 Å². The standard InChI is InChI=1S/C14H19N3OS/c1-10-8-14(17(2)16-10)19-13(9-15)11-6-4-5-7-12(11)18-3/h4-8,13H,9,15H2,1-3H3. The fraction of sp³-hybridized carbons (Fsp3) is 0.357. The molecule has 1 heterocycles. The lowest BCUT2D eigenvalue weighted by atomic mass is 10.1. The highest BCUT2D eigenvalue weighted by molar-refractivity contribution is 7.99. The number of thioether (sulfide) groups is 1. The van der Waals surface area contributed by atoms with Crippen LogP contribution in [0.25, 0.3) is 0 Å². The summed E-state index contributed by atoms with van der Waals surface area (Å²) in [4.78, 5) is 0. The van der Waals surface area contributed by atoms with Crippen molar-refractivity contribution < 1.29 is 4.74 Å². The second-order valence-corrected chi connectivity index (χ2v) is 5.55. The fourth-order valence-corrected chi connectivity index (χ4v) is 3.16. The van der Waals surface area contributed by atoms with E-state index in [2.05, 4.69) is 17.2 Å². The largest absolute Gasteiger partial charge is 0.496 e. The summed E-state index contributed by atoms with van der Waals surface area (Å²) in [6.45, 7) is 2.54. The van der Waals surface area contributed by atoms with Gasteiger partial charge in [-0.25, -0.2) is 0 Å². The lowest BCUT2D eigenvalue weighted by molar-refractivity contribution is 0.409. The molecule has 0 amide bonds. The first-order valence-electron chi connectivity index (χ1n) is 6.16. The van der Waals surface area contributed by atoms with E-state index < -0.39 is 0 Å². The van der Waals surface area contributed by atoms with Crippen LogP contribution in [0.1, 0.15) is 16.5 Å². The summed E-state index contributed by atoms with van der Waals surface area (Å²) in [5.41, 5.74) is 8.06. The molecule has 5 heteroatoms. The van der Waals surface area contributed by atoms with E-state index in [1.165, 1.54) is 0 Å². The Hall–Kier alpha value is -1.46. The van der Waals surface area contributed by atoms with Crippen LogP contribution in [0.5, 0.6) is 5.75 Å². The molecule has 102 valence electrons. The summed E-state index contributed by atoms with van der Waals surface area (Å²) < 4.78 is 7.30. The predicted octanol–water partition coefficient (Wildman–Crippen LogP) is 2.53. The van der Waals surface area contributed by atoms with Crippen molar-refractivity contribution in [1.29, 1.82) is 0 Å². The lowest BCUT2D eigenvalue weighted by Gasteiger charge is -2.17. The number of benzene rings is 1. The topological polar surface area (TPSA) is 53.1 Å². The molecule has 0 saturated heterocycles. The Morgan fingerprint density at radius 3 is 2.74 bits per heavy atom. The number of ether oxygens (including phenoxy) is 1. The Balaban J connectivity index is 2.27. The third kappa shape index (κ3) is 3.11. The molecule has 1 aromatic heterocycles. The number of hydrogen-bond donors (Lipinski definition) is 1. The molecular formula is C14H19N3OS. The minimum absolute atomic E-state index is 0.158. The predicted molar refractivity (Wildman–Crippen MR) is 78.6 cm³/mol. The van der Waals surface area contributed by atoms with Crippen LogP contribution in [0, 0.1) is 6.92 Å². The normalized spacial score (nSPS) is 12.4. The average Bonchev–Trinajstić information content (AvgIpc) is 2.74. The van der Waals surface area contributed by atoms with Crippen LogP contribution in [0.4, 0.5) is 0 Å². The molecule has 0 aliphatic carbocycles. The summed E-state index contributed by atoms with van der Waals surface area (Å²) in [5.74, 6) is 0.879. The number of aryl methyl sites for hydroxylation is 2. The van der Waals surface area contributed by atoms with Crippen molar-refractivity contribution >= 4 is 11.8 Å². The molecule has 2 aromatic rings. The molecule has 0 aliphatic heterocycles. The second-order valence-electron chi connectivity index (χ2n) is 4.33. The molecule has 2 N–H and O–H groups in total. The molecule has 0 bridgehead atoms. The van der Waals surface area contributed by atoms with Gasteiger partial charge in [-0.2, -0.15) is 5.10 Å². The van der Waals surface area contributed by atoms with Gasteiger partial charge in [0.05, 0.1) is 23.1 Å². The van der Waals surface area contributed by atoms with Crippen LogP contribution < -0.4 is 10.5 Å². The van der Waals surface area contributed by atoms with Crippen molar-refractivity contribution in [2.75, 3.05) is 13.7 Å². The van der Waals surface area contributed by atoms with E-state index in [9.17, 15) is 0 Å². The van der Waals surface area contributed by atoms with Gasteiger partial charge in [-0.1, -0.05) is 30.0 Å². The number of nitrogens with two attached hydrogens (primary N) is 1. The summed E-state index contributed by atoms with van der Waals surface area (Å²) in [6.07, 6.45) is 0. The maximum absolute atomic E-state index is 5.93. The van der Waals surface area contributed by atoms with Gasteiger partial charge in [0.1, 0.15) is 5.75 Å². The fourth-order valence-electron chi connectivity index (χ4n) is 2.01. The van der Waals surface area contributed by atoms with E-state index >= 15 is 0 Å². The van der Waals surface area contributed by atoms with Crippen molar-refractivity contribution in [2.45, 2.75) is 17.2 Å². The Morgan fingerprint density at radius 1 is 1.42 bits per heavy atom. The van der Waals surface area contributed by atoms with Gasteiger partial charge in [-0.15, -0.1) is 0 Å². The molecule has 1 unspecified atom stereocenters. The van der Waals surface area contributed by atoms with Crippen molar-refractivity contribution in [3.63, 3.8) is 0 Å². The molecule has 1 aromatic carbocycles. The van der Waals surface area contributed by atoms with Crippen LogP contribution >= 0.6 is 11.8 Å². The van der Waals surface area contributed by atoms with Crippen molar-refractivity contribution in [1.82, 2.24) is 9.78 Å². The highest BCUT2D eigenvalue weighted by Gasteiger charge is 2.17. The smallest absolute Gasteiger partial charge is 0.123 e. The summed E-state index contributed by atoms with van der Waals surface area (Å²) in [5, 5.41) is 5.63. The van der Waals surface area contributed by atoms with E-state index in [0.29, 0.717) is 6.54 Å². The number of hydrogen-bond acceptors (Lipinski definition) is 4. The Labute approximate surface area is 117 Å². The van der Waals surface area contributed by atoms with E-state index in [-0.39, 0.29) is 5.25 Å². The van der Waals surface area contributed by atoms with Gasteiger partial charge in [0, 0.05) is 19.2 Å². The molecule has 0 aliphatic rings. The van der Waals surface area contributed by atoms with Crippen LogP contribution in [0.15, 0.2) is 35.4 Å². The number of methoxy groups -OCH3 is 1. The van der Waals surface area contributed by atoms with Crippen LogP contribution in [0.3, 0.4) is 0 Å². The summed E-state index contributed by atoms with van der Waals surface area (Å²) >= 11 is 1.71. The number of nitrogens with zero attached hydrogens (tertiary/aromatic N) is 2. The molecule has 0 fully saturated rings. The van der Waals surface area contributed by atoms with E-state index in [1.807, 2.05) is 36.9 Å². The van der Waals surface area contributed by atoms with Crippen LogP contribution in [0.2, 0.25) is 0 Å². The average molecular weight is 277 g/mol. The molecule has 2 rings (SSSR count). The Kier molecular flexibility index (Phi) is 4.50. The van der Waals surface area contributed by atoms with Gasteiger partial charge < -0.3 is 10.5 Å². The number of rotatable bonds is 5. The first-order valence-corrected chi connectivity index (χ1v) is 7.04. The van der Waals surface area contributed by atoms with Crippen molar-refractivity contribution in [3.8, 4) is 5.75 Å². The Morgan fingerprint density at radius 2 is 2.16 bits per heavy atom.